The molecule has 0 radical (unpaired) electrons. The zero-order chi connectivity index (χ0) is 21.3. The molecule has 0 amide bonds. The lowest BCUT2D eigenvalue weighted by molar-refractivity contribution is 0.216. The number of hydrogen-bond acceptors (Lipinski definition) is 2. The number of nitrogens with two attached hydrogens (primary N) is 1. The minimum absolute atomic E-state index is 0.654. The molecule has 3 N–H and O–H groups in total. The highest BCUT2D eigenvalue weighted by molar-refractivity contribution is 4.73. The number of allylic oxidation sites excluding steroid dienone is 2. The summed E-state index contributed by atoms with van der Waals surface area (Å²) in [6.07, 6.45) is 19.8. The van der Waals surface area contributed by atoms with E-state index in [0.717, 1.165) is 11.8 Å². The molecule has 166 valence electrons. The van der Waals surface area contributed by atoms with E-state index >= 15 is 0 Å². The summed E-state index contributed by atoms with van der Waals surface area (Å²) < 4.78 is 0. The van der Waals surface area contributed by atoms with Gasteiger partial charge < -0.3 is 11.1 Å². The van der Waals surface area contributed by atoms with E-state index < -0.39 is 0 Å². The maximum absolute atomic E-state index is 4.50. The van der Waals surface area contributed by atoms with E-state index in [1.54, 1.807) is 0 Å². The predicted molar refractivity (Wildman–Crippen MR) is 129 cm³/mol. The molecule has 1 rings (SSSR count). The second kappa shape index (κ2) is 27.9. The van der Waals surface area contributed by atoms with Crippen molar-refractivity contribution >= 4 is 0 Å². The van der Waals surface area contributed by atoms with Crippen molar-refractivity contribution in [3.63, 3.8) is 0 Å². The quantitative estimate of drug-likeness (QED) is 0.315. The Labute approximate surface area is 174 Å². The summed E-state index contributed by atoms with van der Waals surface area (Å²) in [6, 6.07) is 0.654. The van der Waals surface area contributed by atoms with Crippen LogP contribution in [0.3, 0.4) is 0 Å². The SMILES string of the molecule is C/C=C\C.CCCC1CCCCC1CC.CCCCCCNC(C)C.CN. The Morgan fingerprint density at radius 3 is 1.81 bits per heavy atom. The fourth-order valence-corrected chi connectivity index (χ4v) is 3.52. The van der Waals surface area contributed by atoms with Gasteiger partial charge in [0, 0.05) is 6.04 Å². The van der Waals surface area contributed by atoms with Gasteiger partial charge >= 0.3 is 0 Å². The van der Waals surface area contributed by atoms with E-state index in [0.29, 0.717) is 6.04 Å². The van der Waals surface area contributed by atoms with Crippen LogP contribution in [0.25, 0.3) is 0 Å². The van der Waals surface area contributed by atoms with Gasteiger partial charge in [-0.05, 0) is 45.7 Å². The molecule has 0 heterocycles. The van der Waals surface area contributed by atoms with Crippen LogP contribution in [0.1, 0.15) is 119 Å². The maximum atomic E-state index is 4.50. The number of unbranched alkanes of at least 4 members (excludes halogenated alkanes) is 3. The van der Waals surface area contributed by atoms with Crippen molar-refractivity contribution < 1.29 is 0 Å². The summed E-state index contributed by atoms with van der Waals surface area (Å²) >= 11 is 0. The molecule has 2 heteroatoms. The highest BCUT2D eigenvalue weighted by Crippen LogP contribution is 2.34. The third-order valence-corrected chi connectivity index (χ3v) is 5.17. The minimum Gasteiger partial charge on any atom is -0.333 e. The molecular weight excluding hydrogens is 328 g/mol. The van der Waals surface area contributed by atoms with Crippen LogP contribution in [-0.2, 0) is 0 Å². The van der Waals surface area contributed by atoms with E-state index in [2.05, 4.69) is 45.7 Å². The van der Waals surface area contributed by atoms with Crippen LogP contribution >= 0.6 is 0 Å². The lowest BCUT2D eigenvalue weighted by Crippen LogP contribution is -2.23. The summed E-state index contributed by atoms with van der Waals surface area (Å²) in [4.78, 5) is 0. The Kier molecular flexibility index (Phi) is 32.4. The van der Waals surface area contributed by atoms with Gasteiger partial charge in [-0.2, -0.15) is 0 Å². The molecule has 2 nitrogen and oxygen atoms in total. The standard InChI is InChI=1S/C11H22.C9H21N.C4H8.CH5N/c1-3-7-11-9-6-5-8-10(11)4-2;1-4-5-6-7-8-10-9(2)3;1-3-4-2;1-2/h10-11H,3-9H2,1-2H3;9-10H,4-8H2,1-3H3;3-4H,1-2H3;2H2,1H3/b;;4-3-;. The molecule has 27 heavy (non-hydrogen) atoms. The monoisotopic (exact) mass is 384 g/mol. The highest BCUT2D eigenvalue weighted by Gasteiger charge is 2.22. The predicted octanol–water partition coefficient (Wildman–Crippen LogP) is 7.72. The second-order valence-electron chi connectivity index (χ2n) is 7.84. The van der Waals surface area contributed by atoms with E-state index in [9.17, 15) is 0 Å². The fourth-order valence-electron chi connectivity index (χ4n) is 3.52. The summed E-state index contributed by atoms with van der Waals surface area (Å²) in [5, 5.41) is 3.40. The van der Waals surface area contributed by atoms with Gasteiger partial charge in [0.15, 0.2) is 0 Å². The molecule has 2 atom stereocenters. The minimum atomic E-state index is 0.654. The Hall–Kier alpha value is -0.340. The number of rotatable bonds is 9. The van der Waals surface area contributed by atoms with Crippen molar-refractivity contribution in [1.29, 1.82) is 0 Å². The first kappa shape index (κ1) is 31.4. The molecule has 1 aliphatic carbocycles. The number of hydrogen-bond donors (Lipinski definition) is 2. The molecule has 0 bridgehead atoms. The zero-order valence-corrected chi connectivity index (χ0v) is 20.4. The van der Waals surface area contributed by atoms with Gasteiger partial charge in [0.1, 0.15) is 0 Å². The Balaban J connectivity index is -0.000000333. The van der Waals surface area contributed by atoms with Gasteiger partial charge in [-0.15, -0.1) is 0 Å². The average Bonchev–Trinajstić information content (AvgIpc) is 2.70. The van der Waals surface area contributed by atoms with Crippen molar-refractivity contribution in [3.8, 4) is 0 Å². The van der Waals surface area contributed by atoms with Crippen LogP contribution in [-0.4, -0.2) is 19.6 Å². The molecule has 0 aromatic heterocycles. The third-order valence-electron chi connectivity index (χ3n) is 5.17. The van der Waals surface area contributed by atoms with E-state index in [-0.39, 0.29) is 0 Å². The summed E-state index contributed by atoms with van der Waals surface area (Å²) in [6.45, 7) is 16.5. The first-order chi connectivity index (χ1) is 13.1. The molecular formula is C25H56N2. The molecule has 1 aliphatic rings. The Bertz CT molecular complexity index is 255. The van der Waals surface area contributed by atoms with Crippen LogP contribution in [0.2, 0.25) is 0 Å². The van der Waals surface area contributed by atoms with Crippen molar-refractivity contribution in [2.75, 3.05) is 13.6 Å². The van der Waals surface area contributed by atoms with E-state index in [1.807, 2.05) is 26.0 Å². The van der Waals surface area contributed by atoms with E-state index in [1.165, 1.54) is 84.2 Å². The maximum Gasteiger partial charge on any atom is 0.00103 e. The molecule has 0 aromatic rings. The Morgan fingerprint density at radius 1 is 0.852 bits per heavy atom. The summed E-state index contributed by atoms with van der Waals surface area (Å²) in [7, 11) is 1.50. The van der Waals surface area contributed by atoms with Crippen LogP contribution in [0.5, 0.6) is 0 Å². The lowest BCUT2D eigenvalue weighted by atomic mass is 9.76. The zero-order valence-electron chi connectivity index (χ0n) is 20.4. The van der Waals surface area contributed by atoms with Crippen molar-refractivity contribution in [2.45, 2.75) is 125 Å². The van der Waals surface area contributed by atoms with Gasteiger partial charge in [0.05, 0.1) is 0 Å². The normalized spacial score (nSPS) is 18.7. The smallest absolute Gasteiger partial charge is 0.00103 e. The largest absolute Gasteiger partial charge is 0.333 e. The highest BCUT2D eigenvalue weighted by atomic mass is 14.9. The summed E-state index contributed by atoms with van der Waals surface area (Å²) in [5.41, 5.74) is 4.50. The van der Waals surface area contributed by atoms with Crippen LogP contribution in [0.15, 0.2) is 12.2 Å². The van der Waals surface area contributed by atoms with Crippen LogP contribution in [0.4, 0.5) is 0 Å². The fraction of sp³-hybridized carbons (Fsp3) is 0.920. The van der Waals surface area contributed by atoms with Gasteiger partial charge in [-0.3, -0.25) is 0 Å². The van der Waals surface area contributed by atoms with Gasteiger partial charge in [0.2, 0.25) is 0 Å². The molecule has 0 aliphatic heterocycles. The summed E-state index contributed by atoms with van der Waals surface area (Å²) in [5.74, 6) is 2.16. The Morgan fingerprint density at radius 2 is 1.41 bits per heavy atom. The van der Waals surface area contributed by atoms with Crippen molar-refractivity contribution in [1.82, 2.24) is 5.32 Å². The van der Waals surface area contributed by atoms with Crippen molar-refractivity contribution in [2.24, 2.45) is 17.6 Å². The molecule has 2 unspecified atom stereocenters. The average molecular weight is 385 g/mol. The molecule has 0 saturated heterocycles. The molecule has 1 saturated carbocycles. The second-order valence-corrected chi connectivity index (χ2v) is 7.84. The van der Waals surface area contributed by atoms with Gasteiger partial charge in [-0.25, -0.2) is 0 Å². The van der Waals surface area contributed by atoms with E-state index in [4.69, 9.17) is 0 Å². The van der Waals surface area contributed by atoms with Crippen LogP contribution in [0, 0.1) is 11.8 Å². The third kappa shape index (κ3) is 25.7. The van der Waals surface area contributed by atoms with Crippen molar-refractivity contribution in [3.05, 3.63) is 12.2 Å². The number of nitrogens with one attached hydrogen (secondary N) is 1. The van der Waals surface area contributed by atoms with Gasteiger partial charge in [0.25, 0.3) is 0 Å². The first-order valence-corrected chi connectivity index (χ1v) is 11.9. The molecule has 1 fully saturated rings. The van der Waals surface area contributed by atoms with Gasteiger partial charge in [-0.1, -0.05) is 111 Å². The molecule has 0 spiro atoms. The molecule has 0 aromatic carbocycles. The lowest BCUT2D eigenvalue weighted by Gasteiger charge is -2.30. The first-order valence-electron chi connectivity index (χ1n) is 11.9. The topological polar surface area (TPSA) is 38.0 Å². The van der Waals surface area contributed by atoms with Crippen LogP contribution < -0.4 is 11.1 Å².